The van der Waals surface area contributed by atoms with E-state index < -0.39 is 7.12 Å². The van der Waals surface area contributed by atoms with Crippen molar-refractivity contribution in [3.8, 4) is 0 Å². The van der Waals surface area contributed by atoms with Gasteiger partial charge in [-0.3, -0.25) is 4.90 Å². The van der Waals surface area contributed by atoms with Gasteiger partial charge in [0.15, 0.2) is 0 Å². The number of ether oxygens (including phenoxy) is 1. The van der Waals surface area contributed by atoms with E-state index in [2.05, 4.69) is 13.8 Å². The number of hydrogen-bond donors (Lipinski definition) is 0. The largest absolute Gasteiger partial charge is 0.494 e. The predicted octanol–water partition coefficient (Wildman–Crippen LogP) is 4.06. The van der Waals surface area contributed by atoms with Crippen LogP contribution in [0, 0.1) is 12.8 Å². The summed E-state index contributed by atoms with van der Waals surface area (Å²) in [4.78, 5) is 14.1. The molecular weight excluding hydrogens is 341 g/mol. The van der Waals surface area contributed by atoms with E-state index in [4.69, 9.17) is 14.0 Å². The number of aryl methyl sites for hydroxylation is 1. The Hall–Kier alpha value is -1.53. The third-order valence-electron chi connectivity index (χ3n) is 5.98. The predicted molar refractivity (Wildman–Crippen MR) is 109 cm³/mol. The van der Waals surface area contributed by atoms with E-state index in [9.17, 15) is 4.79 Å². The lowest BCUT2D eigenvalue weighted by molar-refractivity contribution is 0.00578. The Labute approximate surface area is 163 Å². The summed E-state index contributed by atoms with van der Waals surface area (Å²) in [6.45, 7) is 15.2. The molecule has 5 nitrogen and oxygen atoms in total. The first-order chi connectivity index (χ1) is 12.5. The van der Waals surface area contributed by atoms with Crippen molar-refractivity contribution in [1.29, 1.82) is 0 Å². The van der Waals surface area contributed by atoms with Crippen LogP contribution in [0.15, 0.2) is 18.2 Å². The Balaban J connectivity index is 1.73. The van der Waals surface area contributed by atoms with Gasteiger partial charge in [-0.2, -0.15) is 0 Å². The van der Waals surface area contributed by atoms with Crippen LogP contribution in [-0.4, -0.2) is 37.1 Å². The molecule has 2 aliphatic rings. The van der Waals surface area contributed by atoms with E-state index >= 15 is 0 Å². The number of carbonyl (C=O) groups excluding carboxylic acids is 1. The molecule has 27 heavy (non-hydrogen) atoms. The Morgan fingerprint density at radius 2 is 1.81 bits per heavy atom. The van der Waals surface area contributed by atoms with Crippen molar-refractivity contribution in [1.82, 2.24) is 0 Å². The highest BCUT2D eigenvalue weighted by atomic mass is 16.7. The Kier molecular flexibility index (Phi) is 5.34. The normalized spacial score (nSPS) is 24.0. The topological polar surface area (TPSA) is 48.0 Å². The standard InChI is InChI=1S/C21H32BNO4/c1-14(2)8-10-17-13-23(19(24)25-17)18-11-9-16(12-15(18)3)22-26-20(4,5)21(6,7)27-22/h9,11-12,14,17H,8,10,13H2,1-7H3. The summed E-state index contributed by atoms with van der Waals surface area (Å²) in [7, 11) is -0.396. The molecule has 148 valence electrons. The molecule has 1 aromatic carbocycles. The van der Waals surface area contributed by atoms with Crippen molar-refractivity contribution in [2.75, 3.05) is 11.4 Å². The van der Waals surface area contributed by atoms with Crippen molar-refractivity contribution in [3.63, 3.8) is 0 Å². The van der Waals surface area contributed by atoms with E-state index in [0.717, 1.165) is 29.6 Å². The van der Waals surface area contributed by atoms with E-state index in [1.807, 2.05) is 52.8 Å². The van der Waals surface area contributed by atoms with E-state index in [0.29, 0.717) is 12.5 Å². The number of anilines is 1. The molecule has 2 heterocycles. The zero-order valence-corrected chi connectivity index (χ0v) is 17.7. The molecule has 1 amide bonds. The smallest absolute Gasteiger partial charge is 0.444 e. The molecule has 0 bridgehead atoms. The van der Waals surface area contributed by atoms with Gasteiger partial charge in [-0.15, -0.1) is 0 Å². The number of cyclic esters (lactones) is 1. The highest BCUT2D eigenvalue weighted by Gasteiger charge is 2.51. The Bertz CT molecular complexity index is 700. The molecule has 0 aromatic heterocycles. The van der Waals surface area contributed by atoms with Crippen molar-refractivity contribution in [2.45, 2.75) is 78.6 Å². The van der Waals surface area contributed by atoms with Crippen LogP contribution in [0.3, 0.4) is 0 Å². The molecule has 0 spiro atoms. The maximum absolute atomic E-state index is 12.3. The summed E-state index contributed by atoms with van der Waals surface area (Å²) < 4.78 is 17.8. The summed E-state index contributed by atoms with van der Waals surface area (Å²) in [6.07, 6.45) is 1.69. The molecule has 2 saturated heterocycles. The van der Waals surface area contributed by atoms with Gasteiger partial charge in [-0.1, -0.05) is 26.0 Å². The second kappa shape index (κ2) is 7.14. The first-order valence-electron chi connectivity index (χ1n) is 9.94. The van der Waals surface area contributed by atoms with Crippen molar-refractivity contribution in [2.24, 2.45) is 5.92 Å². The van der Waals surface area contributed by atoms with Gasteiger partial charge in [0.1, 0.15) is 6.10 Å². The number of rotatable bonds is 5. The van der Waals surface area contributed by atoms with Gasteiger partial charge in [0, 0.05) is 0 Å². The Morgan fingerprint density at radius 1 is 1.19 bits per heavy atom. The molecule has 2 fully saturated rings. The molecule has 3 rings (SSSR count). The van der Waals surface area contributed by atoms with Crippen molar-refractivity contribution >= 4 is 24.4 Å². The van der Waals surface area contributed by atoms with Gasteiger partial charge in [0.05, 0.1) is 23.4 Å². The van der Waals surface area contributed by atoms with Gasteiger partial charge in [-0.05, 0) is 70.5 Å². The van der Waals surface area contributed by atoms with Gasteiger partial charge in [0.25, 0.3) is 0 Å². The zero-order chi connectivity index (χ0) is 20.0. The summed E-state index contributed by atoms with van der Waals surface area (Å²) in [5.74, 6) is 0.610. The average molecular weight is 373 g/mol. The third-order valence-corrected chi connectivity index (χ3v) is 5.98. The van der Waals surface area contributed by atoms with Crippen LogP contribution >= 0.6 is 0 Å². The second-order valence-electron chi connectivity index (χ2n) is 9.22. The fraction of sp³-hybridized carbons (Fsp3) is 0.667. The fourth-order valence-corrected chi connectivity index (χ4v) is 3.50. The monoisotopic (exact) mass is 373 g/mol. The minimum Gasteiger partial charge on any atom is -0.444 e. The molecule has 0 aliphatic carbocycles. The van der Waals surface area contributed by atoms with Gasteiger partial charge >= 0.3 is 13.2 Å². The lowest BCUT2D eigenvalue weighted by Crippen LogP contribution is -2.41. The van der Waals surface area contributed by atoms with Crippen LogP contribution in [-0.2, 0) is 14.0 Å². The maximum Gasteiger partial charge on any atom is 0.494 e. The first kappa shape index (κ1) is 20.2. The summed E-state index contributed by atoms with van der Waals surface area (Å²) in [5.41, 5.74) is 2.15. The summed E-state index contributed by atoms with van der Waals surface area (Å²) in [6, 6.07) is 6.01. The minimum absolute atomic E-state index is 0.0259. The molecule has 0 N–H and O–H groups in total. The quantitative estimate of drug-likeness (QED) is 0.731. The number of carbonyl (C=O) groups is 1. The van der Waals surface area contributed by atoms with Crippen LogP contribution in [0.25, 0.3) is 0 Å². The molecule has 1 unspecified atom stereocenters. The average Bonchev–Trinajstić information content (AvgIpc) is 3.02. The molecule has 1 aromatic rings. The molecule has 6 heteroatoms. The lowest BCUT2D eigenvalue weighted by Gasteiger charge is -2.32. The van der Waals surface area contributed by atoms with E-state index in [1.165, 1.54) is 0 Å². The highest BCUT2D eigenvalue weighted by molar-refractivity contribution is 6.62. The molecular formula is C21H32BNO4. The number of benzene rings is 1. The SMILES string of the molecule is Cc1cc(B2OC(C)(C)C(C)(C)O2)ccc1N1CC(CCC(C)C)OC1=O. The number of hydrogen-bond acceptors (Lipinski definition) is 4. The van der Waals surface area contributed by atoms with Crippen LogP contribution in [0.2, 0.25) is 0 Å². The molecule has 1 atom stereocenters. The lowest BCUT2D eigenvalue weighted by atomic mass is 9.78. The minimum atomic E-state index is -0.396. The van der Waals surface area contributed by atoms with Gasteiger partial charge in [0.2, 0.25) is 0 Å². The van der Waals surface area contributed by atoms with Crippen LogP contribution in [0.5, 0.6) is 0 Å². The number of amides is 1. The van der Waals surface area contributed by atoms with Gasteiger partial charge < -0.3 is 14.0 Å². The Morgan fingerprint density at radius 3 is 2.37 bits per heavy atom. The van der Waals surface area contributed by atoms with Crippen molar-refractivity contribution in [3.05, 3.63) is 23.8 Å². The zero-order valence-electron chi connectivity index (χ0n) is 17.7. The molecule has 0 saturated carbocycles. The second-order valence-corrected chi connectivity index (χ2v) is 9.22. The van der Waals surface area contributed by atoms with E-state index in [-0.39, 0.29) is 23.4 Å². The van der Waals surface area contributed by atoms with Crippen LogP contribution in [0.4, 0.5) is 10.5 Å². The van der Waals surface area contributed by atoms with Crippen molar-refractivity contribution < 1.29 is 18.8 Å². The van der Waals surface area contributed by atoms with Gasteiger partial charge in [-0.25, -0.2) is 4.79 Å². The maximum atomic E-state index is 12.3. The summed E-state index contributed by atoms with van der Waals surface area (Å²) in [5, 5.41) is 0. The highest BCUT2D eigenvalue weighted by Crippen LogP contribution is 2.37. The van der Waals surface area contributed by atoms with Crippen LogP contribution in [0.1, 0.15) is 59.9 Å². The van der Waals surface area contributed by atoms with E-state index in [1.54, 1.807) is 4.90 Å². The molecule has 2 aliphatic heterocycles. The summed E-state index contributed by atoms with van der Waals surface area (Å²) >= 11 is 0. The van der Waals surface area contributed by atoms with Crippen LogP contribution < -0.4 is 10.4 Å². The fourth-order valence-electron chi connectivity index (χ4n) is 3.50. The number of nitrogens with zero attached hydrogens (tertiary/aromatic N) is 1. The third kappa shape index (κ3) is 4.02. The first-order valence-corrected chi connectivity index (χ1v) is 9.94. The molecule has 0 radical (unpaired) electrons.